The summed E-state index contributed by atoms with van der Waals surface area (Å²) in [5.74, 6) is 1.86. The SMILES string of the molecule is COc1cc2c(Nc3ccc4nc(NC(=O)Nc5ccccc5)oc4c3)ncnc2cc1OCCCN1CCN(C)CC1. The number of nitrogens with one attached hydrogen (secondary N) is 3. The molecular weight excluding hydrogens is 548 g/mol. The van der Waals surface area contributed by atoms with Crippen molar-refractivity contribution in [2.75, 3.05) is 69.4 Å². The molecule has 2 aromatic heterocycles. The summed E-state index contributed by atoms with van der Waals surface area (Å²) in [6.45, 7) is 5.99. The number of anilines is 4. The van der Waals surface area contributed by atoms with Gasteiger partial charge in [0.05, 0.1) is 19.2 Å². The first kappa shape index (κ1) is 28.2. The van der Waals surface area contributed by atoms with Crippen molar-refractivity contribution in [1.82, 2.24) is 24.8 Å². The number of carbonyl (C=O) groups is 1. The fraction of sp³-hybridized carbons (Fsp3) is 0.290. The van der Waals surface area contributed by atoms with Crippen LogP contribution in [0.1, 0.15) is 6.42 Å². The maximum atomic E-state index is 12.3. The number of aromatic nitrogens is 3. The number of amides is 2. The van der Waals surface area contributed by atoms with Crippen LogP contribution in [0.3, 0.4) is 0 Å². The monoisotopic (exact) mass is 582 g/mol. The van der Waals surface area contributed by atoms with Gasteiger partial charge in [-0.3, -0.25) is 5.32 Å². The van der Waals surface area contributed by atoms with Gasteiger partial charge in [-0.1, -0.05) is 18.2 Å². The van der Waals surface area contributed by atoms with Crippen LogP contribution in [0.5, 0.6) is 11.5 Å². The summed E-state index contributed by atoms with van der Waals surface area (Å²) in [6.07, 6.45) is 2.44. The molecule has 2 amide bonds. The number of piperazine rings is 1. The van der Waals surface area contributed by atoms with E-state index in [-0.39, 0.29) is 6.01 Å². The van der Waals surface area contributed by atoms with Gasteiger partial charge < -0.3 is 34.3 Å². The van der Waals surface area contributed by atoms with Crippen LogP contribution in [0, 0.1) is 0 Å². The summed E-state index contributed by atoms with van der Waals surface area (Å²) >= 11 is 0. The lowest BCUT2D eigenvalue weighted by Crippen LogP contribution is -2.44. The molecule has 0 bridgehead atoms. The summed E-state index contributed by atoms with van der Waals surface area (Å²) in [4.78, 5) is 30.5. The number of benzene rings is 3. The number of hydrogen-bond acceptors (Lipinski definition) is 10. The first-order valence-electron chi connectivity index (χ1n) is 14.2. The van der Waals surface area contributed by atoms with E-state index in [0.29, 0.717) is 40.7 Å². The number of ether oxygens (including phenoxy) is 2. The second-order valence-corrected chi connectivity index (χ2v) is 10.4. The Kier molecular flexibility index (Phi) is 8.47. The quantitative estimate of drug-likeness (QED) is 0.189. The molecule has 12 heteroatoms. The number of urea groups is 1. The lowest BCUT2D eigenvalue weighted by atomic mass is 10.2. The summed E-state index contributed by atoms with van der Waals surface area (Å²) in [6, 6.07) is 18.0. The van der Waals surface area contributed by atoms with E-state index in [1.165, 1.54) is 6.33 Å². The van der Waals surface area contributed by atoms with Crippen molar-refractivity contribution in [2.45, 2.75) is 6.42 Å². The molecule has 0 atom stereocenters. The molecular formula is C31H34N8O4. The van der Waals surface area contributed by atoms with E-state index < -0.39 is 6.03 Å². The van der Waals surface area contributed by atoms with Gasteiger partial charge >= 0.3 is 12.0 Å². The molecule has 3 heterocycles. The molecule has 1 fully saturated rings. The van der Waals surface area contributed by atoms with E-state index >= 15 is 0 Å². The van der Waals surface area contributed by atoms with Gasteiger partial charge in [-0.25, -0.2) is 14.8 Å². The third-order valence-corrected chi connectivity index (χ3v) is 7.30. The van der Waals surface area contributed by atoms with E-state index in [4.69, 9.17) is 13.9 Å². The highest BCUT2D eigenvalue weighted by Crippen LogP contribution is 2.35. The minimum atomic E-state index is -0.448. The van der Waals surface area contributed by atoms with Crippen molar-refractivity contribution < 1.29 is 18.7 Å². The van der Waals surface area contributed by atoms with Crippen LogP contribution in [0.25, 0.3) is 22.0 Å². The molecule has 0 spiro atoms. The zero-order chi connectivity index (χ0) is 29.6. The Labute approximate surface area is 249 Å². The van der Waals surface area contributed by atoms with Crippen LogP contribution in [0.4, 0.5) is 28.0 Å². The molecule has 222 valence electrons. The molecule has 0 aliphatic carbocycles. The number of likely N-dealkylation sites (N-methyl/N-ethyl adjacent to an activating group) is 1. The third-order valence-electron chi connectivity index (χ3n) is 7.30. The van der Waals surface area contributed by atoms with Gasteiger partial charge in [-0.05, 0) is 43.8 Å². The van der Waals surface area contributed by atoms with Gasteiger partial charge in [0.1, 0.15) is 17.7 Å². The second kappa shape index (κ2) is 12.9. The predicted molar refractivity (Wildman–Crippen MR) is 167 cm³/mol. The van der Waals surface area contributed by atoms with Gasteiger partial charge in [0.25, 0.3) is 0 Å². The van der Waals surface area contributed by atoms with Gasteiger partial charge in [-0.2, -0.15) is 4.98 Å². The average molecular weight is 583 g/mol. The number of para-hydroxylation sites is 1. The largest absolute Gasteiger partial charge is 0.493 e. The molecule has 3 aromatic carbocycles. The first-order valence-corrected chi connectivity index (χ1v) is 14.2. The lowest BCUT2D eigenvalue weighted by molar-refractivity contribution is 0.145. The normalized spacial score (nSPS) is 14.1. The molecule has 3 N–H and O–H groups in total. The number of hydrogen-bond donors (Lipinski definition) is 3. The standard InChI is InChI=1S/C31H34N8O4/c1-38-12-14-39(15-13-38)11-6-16-42-28-19-25-23(18-27(28)41-2)29(33-20-32-25)34-22-9-10-24-26(17-22)43-31(36-24)37-30(40)35-21-7-4-3-5-8-21/h3-5,7-10,17-20H,6,11-16H2,1-2H3,(H,32,33,34)(H2,35,36,37,40). The zero-order valence-corrected chi connectivity index (χ0v) is 24.2. The zero-order valence-electron chi connectivity index (χ0n) is 24.2. The highest BCUT2D eigenvalue weighted by atomic mass is 16.5. The number of nitrogens with zero attached hydrogens (tertiary/aromatic N) is 5. The van der Waals surface area contributed by atoms with Gasteiger partial charge in [0.2, 0.25) is 0 Å². The molecule has 6 rings (SSSR count). The van der Waals surface area contributed by atoms with Crippen molar-refractivity contribution in [3.8, 4) is 11.5 Å². The minimum Gasteiger partial charge on any atom is -0.493 e. The number of rotatable bonds is 10. The van der Waals surface area contributed by atoms with Crippen molar-refractivity contribution in [3.63, 3.8) is 0 Å². The molecule has 1 aliphatic rings. The Balaban J connectivity index is 1.12. The van der Waals surface area contributed by atoms with E-state index in [9.17, 15) is 4.79 Å². The Hall–Kier alpha value is -4.94. The maximum Gasteiger partial charge on any atom is 0.327 e. The fourth-order valence-electron chi connectivity index (χ4n) is 4.95. The minimum absolute atomic E-state index is 0.0915. The summed E-state index contributed by atoms with van der Waals surface area (Å²) < 4.78 is 17.6. The molecule has 1 aliphatic heterocycles. The first-order chi connectivity index (χ1) is 21.0. The van der Waals surface area contributed by atoms with E-state index in [1.807, 2.05) is 36.4 Å². The maximum absolute atomic E-state index is 12.3. The second-order valence-electron chi connectivity index (χ2n) is 10.4. The van der Waals surface area contributed by atoms with Crippen molar-refractivity contribution in [1.29, 1.82) is 0 Å². The smallest absolute Gasteiger partial charge is 0.327 e. The van der Waals surface area contributed by atoms with Crippen LogP contribution < -0.4 is 25.4 Å². The molecule has 12 nitrogen and oxygen atoms in total. The van der Waals surface area contributed by atoms with E-state index in [0.717, 1.165) is 55.7 Å². The highest BCUT2D eigenvalue weighted by molar-refractivity contribution is 5.99. The molecule has 0 unspecified atom stereocenters. The number of carbonyl (C=O) groups excluding carboxylic acids is 1. The number of fused-ring (bicyclic) bond motifs is 2. The predicted octanol–water partition coefficient (Wildman–Crippen LogP) is 5.18. The third kappa shape index (κ3) is 6.93. The Bertz CT molecular complexity index is 1700. The van der Waals surface area contributed by atoms with Crippen molar-refractivity contribution >= 4 is 51.2 Å². The average Bonchev–Trinajstić information content (AvgIpc) is 3.41. The summed E-state index contributed by atoms with van der Waals surface area (Å²) in [7, 11) is 3.79. The highest BCUT2D eigenvalue weighted by Gasteiger charge is 2.16. The molecule has 0 radical (unpaired) electrons. The topological polar surface area (TPSA) is 130 Å². The molecule has 43 heavy (non-hydrogen) atoms. The summed E-state index contributed by atoms with van der Waals surface area (Å²) in [5, 5.41) is 9.49. The van der Waals surface area contributed by atoms with Gasteiger partial charge in [-0.15, -0.1) is 0 Å². The number of methoxy groups -OCH3 is 1. The Morgan fingerprint density at radius 2 is 1.77 bits per heavy atom. The van der Waals surface area contributed by atoms with Crippen LogP contribution in [0.15, 0.2) is 71.4 Å². The molecule has 5 aromatic rings. The lowest BCUT2D eigenvalue weighted by Gasteiger charge is -2.32. The summed E-state index contributed by atoms with van der Waals surface area (Å²) in [5.41, 5.74) is 3.22. The van der Waals surface area contributed by atoms with E-state index in [1.54, 1.807) is 31.4 Å². The fourth-order valence-corrected chi connectivity index (χ4v) is 4.95. The Morgan fingerprint density at radius 1 is 0.930 bits per heavy atom. The van der Waals surface area contributed by atoms with Crippen molar-refractivity contribution in [2.24, 2.45) is 0 Å². The van der Waals surface area contributed by atoms with Crippen LogP contribution in [0.2, 0.25) is 0 Å². The Morgan fingerprint density at radius 3 is 2.58 bits per heavy atom. The number of oxazole rings is 1. The van der Waals surface area contributed by atoms with Gasteiger partial charge in [0, 0.05) is 61.6 Å². The van der Waals surface area contributed by atoms with Gasteiger partial charge in [0.15, 0.2) is 17.1 Å². The van der Waals surface area contributed by atoms with E-state index in [2.05, 4.69) is 47.7 Å². The molecule has 0 saturated carbocycles. The molecule has 1 saturated heterocycles. The van der Waals surface area contributed by atoms with Crippen LogP contribution >= 0.6 is 0 Å². The van der Waals surface area contributed by atoms with Crippen LogP contribution in [-0.4, -0.2) is 84.3 Å². The van der Waals surface area contributed by atoms with Crippen LogP contribution in [-0.2, 0) is 0 Å². The van der Waals surface area contributed by atoms with Crippen molar-refractivity contribution in [3.05, 3.63) is 67.0 Å².